The Kier molecular flexibility index (Phi) is 5.07. The van der Waals surface area contributed by atoms with Crippen LogP contribution in [0.15, 0.2) is 60.7 Å². The Morgan fingerprint density at radius 2 is 1.86 bits per heavy atom. The van der Waals surface area contributed by atoms with E-state index in [9.17, 15) is 4.79 Å². The smallest absolute Gasteiger partial charge is 0.262 e. The first kappa shape index (κ1) is 18.5. The molecule has 4 aromatic rings. The number of pyridine rings is 1. The standard InChI is InChI=1S/C22H16Cl2N2O2/c1-13-10-19(17-8-6-14-4-2-3-5-16(14)22(17)25-13)26-21(27)12-28-20-9-7-15(23)11-18(20)24/h2-11H,12H2,1H3,(H,25,26,27). The van der Waals surface area contributed by atoms with Gasteiger partial charge in [-0.3, -0.25) is 9.78 Å². The highest BCUT2D eigenvalue weighted by Crippen LogP contribution is 2.30. The van der Waals surface area contributed by atoms with Crippen molar-refractivity contribution in [1.82, 2.24) is 4.98 Å². The van der Waals surface area contributed by atoms with E-state index in [2.05, 4.69) is 10.3 Å². The van der Waals surface area contributed by atoms with Gasteiger partial charge in [-0.15, -0.1) is 0 Å². The van der Waals surface area contributed by atoms with E-state index in [0.29, 0.717) is 21.5 Å². The van der Waals surface area contributed by atoms with Crippen molar-refractivity contribution in [1.29, 1.82) is 0 Å². The fourth-order valence-corrected chi connectivity index (χ4v) is 3.58. The molecule has 1 aromatic heterocycles. The van der Waals surface area contributed by atoms with Crippen molar-refractivity contribution in [3.05, 3.63) is 76.4 Å². The summed E-state index contributed by atoms with van der Waals surface area (Å²) in [6, 6.07) is 18.7. The zero-order chi connectivity index (χ0) is 19.7. The summed E-state index contributed by atoms with van der Waals surface area (Å²) in [5.74, 6) is 0.119. The second-order valence-electron chi connectivity index (χ2n) is 6.41. The molecule has 0 saturated heterocycles. The number of nitrogens with one attached hydrogen (secondary N) is 1. The molecule has 0 aliphatic carbocycles. The van der Waals surface area contributed by atoms with Gasteiger partial charge in [0, 0.05) is 21.5 Å². The Bertz CT molecular complexity index is 1210. The van der Waals surface area contributed by atoms with Crippen LogP contribution in [-0.2, 0) is 4.79 Å². The summed E-state index contributed by atoms with van der Waals surface area (Å²) < 4.78 is 5.52. The molecule has 4 rings (SSSR count). The van der Waals surface area contributed by atoms with Crippen molar-refractivity contribution >= 4 is 56.5 Å². The highest BCUT2D eigenvalue weighted by molar-refractivity contribution is 6.35. The lowest BCUT2D eigenvalue weighted by atomic mass is 10.0. The maximum Gasteiger partial charge on any atom is 0.262 e. The minimum absolute atomic E-state index is 0.169. The molecule has 0 aliphatic rings. The van der Waals surface area contributed by atoms with Crippen molar-refractivity contribution in [2.24, 2.45) is 0 Å². The number of hydrogen-bond donors (Lipinski definition) is 1. The number of ether oxygens (including phenoxy) is 1. The third-order valence-electron chi connectivity index (χ3n) is 4.36. The van der Waals surface area contributed by atoms with Gasteiger partial charge in [0.25, 0.3) is 5.91 Å². The van der Waals surface area contributed by atoms with E-state index < -0.39 is 0 Å². The number of carbonyl (C=O) groups excluding carboxylic acids is 1. The second-order valence-corrected chi connectivity index (χ2v) is 7.25. The first-order chi connectivity index (χ1) is 13.5. The first-order valence-corrected chi connectivity index (χ1v) is 9.44. The lowest BCUT2D eigenvalue weighted by Gasteiger charge is -2.12. The Balaban J connectivity index is 1.60. The van der Waals surface area contributed by atoms with Crippen LogP contribution in [0.5, 0.6) is 5.75 Å². The number of carbonyl (C=O) groups is 1. The summed E-state index contributed by atoms with van der Waals surface area (Å²) in [7, 11) is 0. The molecule has 1 N–H and O–H groups in total. The Morgan fingerprint density at radius 3 is 2.68 bits per heavy atom. The quantitative estimate of drug-likeness (QED) is 0.418. The number of halogens is 2. The fraction of sp³-hybridized carbons (Fsp3) is 0.0909. The van der Waals surface area contributed by atoms with E-state index in [-0.39, 0.29) is 12.5 Å². The average Bonchev–Trinajstić information content (AvgIpc) is 2.67. The molecule has 1 heterocycles. The molecular weight excluding hydrogens is 395 g/mol. The summed E-state index contributed by atoms with van der Waals surface area (Å²) in [6.45, 7) is 1.73. The van der Waals surface area contributed by atoms with Gasteiger partial charge in [0.15, 0.2) is 6.61 Å². The van der Waals surface area contributed by atoms with Gasteiger partial charge in [-0.1, -0.05) is 59.6 Å². The van der Waals surface area contributed by atoms with Crippen molar-refractivity contribution in [2.45, 2.75) is 6.92 Å². The molecule has 0 fully saturated rings. The molecule has 0 bridgehead atoms. The fourth-order valence-electron chi connectivity index (χ4n) is 3.11. The summed E-state index contributed by atoms with van der Waals surface area (Å²) >= 11 is 12.0. The molecular formula is C22H16Cl2N2O2. The molecule has 0 spiro atoms. The van der Waals surface area contributed by atoms with Gasteiger partial charge >= 0.3 is 0 Å². The Hall–Kier alpha value is -2.82. The first-order valence-electron chi connectivity index (χ1n) is 8.68. The number of nitrogens with zero attached hydrogens (tertiary/aromatic N) is 1. The zero-order valence-electron chi connectivity index (χ0n) is 15.0. The van der Waals surface area contributed by atoms with Crippen LogP contribution in [0, 0.1) is 6.92 Å². The molecule has 0 saturated carbocycles. The highest BCUT2D eigenvalue weighted by atomic mass is 35.5. The lowest BCUT2D eigenvalue weighted by molar-refractivity contribution is -0.118. The number of rotatable bonds is 4. The maximum absolute atomic E-state index is 12.5. The predicted octanol–water partition coefficient (Wildman–Crippen LogP) is 6.02. The molecule has 0 aliphatic heterocycles. The third-order valence-corrected chi connectivity index (χ3v) is 4.89. The normalized spacial score (nSPS) is 11.0. The maximum atomic E-state index is 12.5. The molecule has 6 heteroatoms. The average molecular weight is 411 g/mol. The van der Waals surface area contributed by atoms with E-state index in [1.807, 2.05) is 49.4 Å². The number of benzene rings is 3. The minimum atomic E-state index is -0.286. The predicted molar refractivity (Wildman–Crippen MR) is 115 cm³/mol. The monoisotopic (exact) mass is 410 g/mol. The van der Waals surface area contributed by atoms with Gasteiger partial charge in [0.1, 0.15) is 5.75 Å². The van der Waals surface area contributed by atoms with Crippen LogP contribution in [0.3, 0.4) is 0 Å². The zero-order valence-corrected chi connectivity index (χ0v) is 16.5. The lowest BCUT2D eigenvalue weighted by Crippen LogP contribution is -2.20. The number of fused-ring (bicyclic) bond motifs is 3. The van der Waals surface area contributed by atoms with Gasteiger partial charge in [0.2, 0.25) is 0 Å². The third kappa shape index (κ3) is 3.75. The van der Waals surface area contributed by atoms with Crippen LogP contribution in [0.2, 0.25) is 10.0 Å². The number of anilines is 1. The van der Waals surface area contributed by atoms with Crippen molar-refractivity contribution in [2.75, 3.05) is 11.9 Å². The molecule has 140 valence electrons. The van der Waals surface area contributed by atoms with E-state index in [4.69, 9.17) is 27.9 Å². The number of amides is 1. The highest BCUT2D eigenvalue weighted by Gasteiger charge is 2.12. The van der Waals surface area contributed by atoms with Crippen LogP contribution < -0.4 is 10.1 Å². The van der Waals surface area contributed by atoms with E-state index in [1.165, 1.54) is 0 Å². The summed E-state index contributed by atoms with van der Waals surface area (Å²) in [5, 5.41) is 6.81. The topological polar surface area (TPSA) is 51.2 Å². The van der Waals surface area contributed by atoms with Crippen LogP contribution in [-0.4, -0.2) is 17.5 Å². The molecule has 3 aromatic carbocycles. The van der Waals surface area contributed by atoms with Gasteiger partial charge in [0.05, 0.1) is 16.2 Å². The van der Waals surface area contributed by atoms with Crippen LogP contribution in [0.25, 0.3) is 21.7 Å². The van der Waals surface area contributed by atoms with E-state index in [1.54, 1.807) is 18.2 Å². The Labute approximate surface area is 172 Å². The van der Waals surface area contributed by atoms with Gasteiger partial charge < -0.3 is 10.1 Å². The summed E-state index contributed by atoms with van der Waals surface area (Å²) in [5.41, 5.74) is 2.37. The molecule has 0 unspecified atom stereocenters. The minimum Gasteiger partial charge on any atom is -0.482 e. The summed E-state index contributed by atoms with van der Waals surface area (Å²) in [6.07, 6.45) is 0. The van der Waals surface area contributed by atoms with Crippen molar-refractivity contribution in [3.8, 4) is 5.75 Å². The largest absolute Gasteiger partial charge is 0.482 e. The van der Waals surface area contributed by atoms with Crippen LogP contribution in [0.1, 0.15) is 5.69 Å². The van der Waals surface area contributed by atoms with E-state index in [0.717, 1.165) is 27.4 Å². The Morgan fingerprint density at radius 1 is 1.04 bits per heavy atom. The number of aryl methyl sites for hydroxylation is 1. The van der Waals surface area contributed by atoms with Gasteiger partial charge in [-0.2, -0.15) is 0 Å². The van der Waals surface area contributed by atoms with Gasteiger partial charge in [-0.25, -0.2) is 0 Å². The number of aromatic nitrogens is 1. The molecule has 28 heavy (non-hydrogen) atoms. The van der Waals surface area contributed by atoms with Crippen LogP contribution in [0.4, 0.5) is 5.69 Å². The van der Waals surface area contributed by atoms with Crippen molar-refractivity contribution < 1.29 is 9.53 Å². The molecule has 0 radical (unpaired) electrons. The molecule has 0 atom stereocenters. The second kappa shape index (κ2) is 7.66. The number of hydrogen-bond acceptors (Lipinski definition) is 3. The SMILES string of the molecule is Cc1cc(NC(=O)COc2ccc(Cl)cc2Cl)c2ccc3ccccc3c2n1. The molecule has 1 amide bonds. The van der Waals surface area contributed by atoms with E-state index >= 15 is 0 Å². The van der Waals surface area contributed by atoms with Crippen LogP contribution >= 0.6 is 23.2 Å². The molecule has 4 nitrogen and oxygen atoms in total. The van der Waals surface area contributed by atoms with Crippen molar-refractivity contribution in [3.63, 3.8) is 0 Å². The summed E-state index contributed by atoms with van der Waals surface area (Å²) in [4.78, 5) is 17.1. The van der Waals surface area contributed by atoms with Gasteiger partial charge in [-0.05, 0) is 36.6 Å².